The number of nitrogens with one attached hydrogen (secondary N) is 2. The number of aromatic amines is 1. The van der Waals surface area contributed by atoms with Crippen molar-refractivity contribution in [1.29, 1.82) is 0 Å². The van der Waals surface area contributed by atoms with Gasteiger partial charge in [0, 0.05) is 25.1 Å². The standard InChI is InChI=1S/C12H14N4O/c1-9(17)13-7-3-2-6-11-10-5-4-8-14-12(10)16-15-11/h2,4-6,8H,3,7H2,1H3,(H,13,17)(H,14,15,16). The van der Waals surface area contributed by atoms with Crippen molar-refractivity contribution in [3.63, 3.8) is 0 Å². The third-order valence-corrected chi connectivity index (χ3v) is 2.33. The van der Waals surface area contributed by atoms with Crippen LogP contribution >= 0.6 is 0 Å². The van der Waals surface area contributed by atoms with Crippen LogP contribution in [0, 0.1) is 0 Å². The maximum absolute atomic E-state index is 10.7. The van der Waals surface area contributed by atoms with Gasteiger partial charge in [0.2, 0.25) is 5.91 Å². The zero-order chi connectivity index (χ0) is 12.1. The lowest BCUT2D eigenvalue weighted by molar-refractivity contribution is -0.118. The fourth-order valence-corrected chi connectivity index (χ4v) is 1.53. The van der Waals surface area contributed by atoms with Crippen molar-refractivity contribution in [2.24, 2.45) is 0 Å². The molecular formula is C12H14N4O. The van der Waals surface area contributed by atoms with Gasteiger partial charge in [-0.3, -0.25) is 9.89 Å². The van der Waals surface area contributed by atoms with E-state index in [0.717, 1.165) is 17.5 Å². The Balaban J connectivity index is 1.98. The minimum Gasteiger partial charge on any atom is -0.356 e. The summed E-state index contributed by atoms with van der Waals surface area (Å²) in [5.74, 6) is -0.00501. The molecule has 1 amide bonds. The van der Waals surface area contributed by atoms with Gasteiger partial charge in [-0.25, -0.2) is 4.98 Å². The summed E-state index contributed by atoms with van der Waals surface area (Å²) in [6.45, 7) is 2.16. The van der Waals surface area contributed by atoms with Crippen LogP contribution in [0.25, 0.3) is 17.1 Å². The maximum Gasteiger partial charge on any atom is 0.216 e. The molecule has 0 spiro atoms. The van der Waals surface area contributed by atoms with E-state index in [0.29, 0.717) is 12.2 Å². The Bertz CT molecular complexity index is 544. The highest BCUT2D eigenvalue weighted by Crippen LogP contribution is 2.13. The summed E-state index contributed by atoms with van der Waals surface area (Å²) in [7, 11) is 0. The van der Waals surface area contributed by atoms with Crippen molar-refractivity contribution in [3.05, 3.63) is 30.1 Å². The van der Waals surface area contributed by atoms with E-state index in [2.05, 4.69) is 20.5 Å². The van der Waals surface area contributed by atoms with Gasteiger partial charge < -0.3 is 5.32 Å². The number of aromatic nitrogens is 3. The second-order valence-electron chi connectivity index (χ2n) is 3.69. The lowest BCUT2D eigenvalue weighted by Gasteiger charge is -1.96. The smallest absolute Gasteiger partial charge is 0.216 e. The fraction of sp³-hybridized carbons (Fsp3) is 0.250. The molecule has 2 aromatic heterocycles. The molecule has 0 aliphatic carbocycles. The zero-order valence-corrected chi connectivity index (χ0v) is 9.60. The van der Waals surface area contributed by atoms with Crippen LogP contribution in [-0.4, -0.2) is 27.6 Å². The average molecular weight is 230 g/mol. The minimum atomic E-state index is -0.00501. The zero-order valence-electron chi connectivity index (χ0n) is 9.60. The molecule has 5 nitrogen and oxygen atoms in total. The molecule has 0 aliphatic rings. The predicted molar refractivity (Wildman–Crippen MR) is 66.2 cm³/mol. The monoisotopic (exact) mass is 230 g/mol. The second kappa shape index (κ2) is 5.25. The first kappa shape index (κ1) is 11.3. The van der Waals surface area contributed by atoms with Gasteiger partial charge in [-0.1, -0.05) is 6.08 Å². The molecule has 0 aromatic carbocycles. The summed E-state index contributed by atoms with van der Waals surface area (Å²) in [4.78, 5) is 14.8. The van der Waals surface area contributed by atoms with Crippen molar-refractivity contribution in [1.82, 2.24) is 20.5 Å². The van der Waals surface area contributed by atoms with Gasteiger partial charge in [0.1, 0.15) is 0 Å². The molecule has 0 atom stereocenters. The highest BCUT2D eigenvalue weighted by atomic mass is 16.1. The van der Waals surface area contributed by atoms with E-state index in [1.165, 1.54) is 6.92 Å². The topological polar surface area (TPSA) is 70.7 Å². The van der Waals surface area contributed by atoms with Gasteiger partial charge in [-0.2, -0.15) is 5.10 Å². The molecule has 2 rings (SSSR count). The maximum atomic E-state index is 10.7. The first-order chi connectivity index (χ1) is 8.27. The van der Waals surface area contributed by atoms with Crippen LogP contribution in [0.1, 0.15) is 19.0 Å². The van der Waals surface area contributed by atoms with Gasteiger partial charge >= 0.3 is 0 Å². The summed E-state index contributed by atoms with van der Waals surface area (Å²) in [6, 6.07) is 3.85. The molecule has 17 heavy (non-hydrogen) atoms. The van der Waals surface area contributed by atoms with E-state index in [-0.39, 0.29) is 5.91 Å². The third kappa shape index (κ3) is 2.90. The number of fused-ring (bicyclic) bond motifs is 1. The molecule has 2 aromatic rings. The molecule has 0 saturated carbocycles. The van der Waals surface area contributed by atoms with Crippen LogP contribution in [0.4, 0.5) is 0 Å². The summed E-state index contributed by atoms with van der Waals surface area (Å²) < 4.78 is 0. The normalized spacial score (nSPS) is 11.1. The van der Waals surface area contributed by atoms with Gasteiger partial charge in [-0.15, -0.1) is 0 Å². The van der Waals surface area contributed by atoms with E-state index in [1.54, 1.807) is 6.20 Å². The first-order valence-corrected chi connectivity index (χ1v) is 5.47. The molecule has 5 heteroatoms. The van der Waals surface area contributed by atoms with Gasteiger partial charge in [0.05, 0.1) is 5.69 Å². The Morgan fingerprint density at radius 3 is 3.29 bits per heavy atom. The van der Waals surface area contributed by atoms with E-state index < -0.39 is 0 Å². The van der Waals surface area contributed by atoms with Crippen LogP contribution < -0.4 is 5.32 Å². The number of hydrogen-bond donors (Lipinski definition) is 2. The molecule has 0 aliphatic heterocycles. The highest BCUT2D eigenvalue weighted by molar-refractivity contribution is 5.83. The largest absolute Gasteiger partial charge is 0.356 e. The van der Waals surface area contributed by atoms with E-state index >= 15 is 0 Å². The Hall–Kier alpha value is -2.17. The van der Waals surface area contributed by atoms with Crippen LogP contribution in [-0.2, 0) is 4.79 Å². The summed E-state index contributed by atoms with van der Waals surface area (Å²) in [5.41, 5.74) is 1.66. The Labute approximate surface area is 98.9 Å². The molecule has 88 valence electrons. The Morgan fingerprint density at radius 1 is 1.59 bits per heavy atom. The van der Waals surface area contributed by atoms with Crippen molar-refractivity contribution in [2.45, 2.75) is 13.3 Å². The fourth-order valence-electron chi connectivity index (χ4n) is 1.53. The minimum absolute atomic E-state index is 0.00501. The van der Waals surface area contributed by atoms with Crippen LogP contribution in [0.15, 0.2) is 24.4 Å². The van der Waals surface area contributed by atoms with Crippen LogP contribution in [0.2, 0.25) is 0 Å². The number of carbonyl (C=O) groups is 1. The van der Waals surface area contributed by atoms with Crippen molar-refractivity contribution < 1.29 is 4.79 Å². The molecular weight excluding hydrogens is 216 g/mol. The van der Waals surface area contributed by atoms with E-state index in [1.807, 2.05) is 24.3 Å². The third-order valence-electron chi connectivity index (χ3n) is 2.33. The number of rotatable bonds is 4. The molecule has 0 unspecified atom stereocenters. The first-order valence-electron chi connectivity index (χ1n) is 5.47. The quantitative estimate of drug-likeness (QED) is 0.782. The number of pyridine rings is 1. The summed E-state index contributed by atoms with van der Waals surface area (Å²) >= 11 is 0. The molecule has 0 saturated heterocycles. The number of H-pyrrole nitrogens is 1. The molecule has 0 radical (unpaired) electrons. The Kier molecular flexibility index (Phi) is 3.49. The lowest BCUT2D eigenvalue weighted by atomic mass is 10.2. The van der Waals surface area contributed by atoms with Crippen LogP contribution in [0.3, 0.4) is 0 Å². The summed E-state index contributed by atoms with van der Waals surface area (Å²) in [5, 5.41) is 10.8. The Morgan fingerprint density at radius 2 is 2.47 bits per heavy atom. The average Bonchev–Trinajstić information content (AvgIpc) is 2.72. The summed E-state index contributed by atoms with van der Waals surface area (Å²) in [6.07, 6.45) is 6.46. The van der Waals surface area contributed by atoms with Gasteiger partial charge in [-0.05, 0) is 24.6 Å². The van der Waals surface area contributed by atoms with Crippen molar-refractivity contribution in [2.75, 3.05) is 6.54 Å². The van der Waals surface area contributed by atoms with E-state index in [9.17, 15) is 4.79 Å². The number of hydrogen-bond acceptors (Lipinski definition) is 3. The number of carbonyl (C=O) groups excluding carboxylic acids is 1. The van der Waals surface area contributed by atoms with Gasteiger partial charge in [0.25, 0.3) is 0 Å². The molecule has 0 bridgehead atoms. The van der Waals surface area contributed by atoms with E-state index in [4.69, 9.17) is 0 Å². The van der Waals surface area contributed by atoms with Crippen LogP contribution in [0.5, 0.6) is 0 Å². The SMILES string of the molecule is CC(=O)NCCC=Cc1[nH]nc2ncccc12. The predicted octanol–water partition coefficient (Wildman–Crippen LogP) is 1.50. The van der Waals surface area contributed by atoms with Crippen molar-refractivity contribution >= 4 is 23.0 Å². The van der Waals surface area contributed by atoms with Gasteiger partial charge in [0.15, 0.2) is 5.65 Å². The molecule has 2 heterocycles. The number of amides is 1. The van der Waals surface area contributed by atoms with Crippen molar-refractivity contribution in [3.8, 4) is 0 Å². The molecule has 2 N–H and O–H groups in total. The molecule has 0 fully saturated rings. The second-order valence-corrected chi connectivity index (χ2v) is 3.69. The highest BCUT2D eigenvalue weighted by Gasteiger charge is 2.00. The lowest BCUT2D eigenvalue weighted by Crippen LogP contribution is -2.20. The number of nitrogens with zero attached hydrogens (tertiary/aromatic N) is 2.